The van der Waals surface area contributed by atoms with Gasteiger partial charge in [0.2, 0.25) is 5.95 Å². The second-order valence-corrected chi connectivity index (χ2v) is 1.59. The molecule has 0 unspecified atom stereocenters. The third kappa shape index (κ3) is 1.23. The van der Waals surface area contributed by atoms with Crippen molar-refractivity contribution in [2.75, 3.05) is 0 Å². The molecular weight excluding hydrogens is 145 g/mol. The second kappa shape index (κ2) is 2.64. The molecule has 0 fully saturated rings. The Morgan fingerprint density at radius 3 is 2.60 bits per heavy atom. The van der Waals surface area contributed by atoms with Crippen molar-refractivity contribution in [2.45, 2.75) is 6.67 Å². The highest BCUT2D eigenvalue weighted by atomic mass is 19.1. The van der Waals surface area contributed by atoms with Crippen LogP contribution in [0.1, 0.15) is 5.56 Å². The van der Waals surface area contributed by atoms with Crippen LogP contribution in [0.5, 0.6) is 0 Å². The van der Waals surface area contributed by atoms with Gasteiger partial charge in [-0.05, 0) is 0 Å². The van der Waals surface area contributed by atoms with E-state index in [0.29, 0.717) is 0 Å². The van der Waals surface area contributed by atoms with E-state index in [1.54, 1.807) is 0 Å². The van der Waals surface area contributed by atoms with Gasteiger partial charge in [0.15, 0.2) is 0 Å². The predicted octanol–water partition coefficient (Wildman–Crippen LogP) is 1.22. The zero-order chi connectivity index (χ0) is 7.56. The van der Waals surface area contributed by atoms with Gasteiger partial charge in [-0.15, -0.1) is 0 Å². The van der Waals surface area contributed by atoms with Gasteiger partial charge >= 0.3 is 6.08 Å². The van der Waals surface area contributed by atoms with Crippen LogP contribution in [-0.2, 0) is 6.67 Å². The molecule has 0 aliphatic carbocycles. The van der Waals surface area contributed by atoms with E-state index in [1.807, 2.05) is 0 Å². The maximum absolute atomic E-state index is 12.2. The topological polar surface area (TPSA) is 25.8 Å². The smallest absolute Gasteiger partial charge is 0.246 e. The van der Waals surface area contributed by atoms with Crippen molar-refractivity contribution < 1.29 is 13.2 Å². The third-order valence-electron chi connectivity index (χ3n) is 0.926. The fraction of sp³-hybridized carbons (Fsp3) is 0.200. The largest absolute Gasteiger partial charge is 0.311 e. The zero-order valence-electron chi connectivity index (χ0n) is 4.81. The first-order valence-electron chi connectivity index (χ1n) is 2.47. The van der Waals surface area contributed by atoms with Crippen molar-refractivity contribution in [1.82, 2.24) is 9.97 Å². The van der Waals surface area contributed by atoms with Gasteiger partial charge in [0.25, 0.3) is 0 Å². The molecule has 1 heterocycles. The first-order valence-corrected chi connectivity index (χ1v) is 2.47. The number of aromatic nitrogens is 2. The Balaban J connectivity index is 3.07. The van der Waals surface area contributed by atoms with E-state index in [4.69, 9.17) is 0 Å². The van der Waals surface area contributed by atoms with Crippen LogP contribution in [0.3, 0.4) is 0 Å². The van der Waals surface area contributed by atoms with Crippen molar-refractivity contribution in [3.8, 4) is 0 Å². The average molecular weight is 148 g/mol. The molecule has 0 atom stereocenters. The molecule has 54 valence electrons. The maximum Gasteiger partial charge on any atom is 0.311 e. The Morgan fingerprint density at radius 1 is 1.40 bits per heavy atom. The van der Waals surface area contributed by atoms with Crippen LogP contribution in [0.25, 0.3) is 0 Å². The van der Waals surface area contributed by atoms with E-state index in [-0.39, 0.29) is 5.56 Å². The molecule has 0 aromatic carbocycles. The lowest BCUT2D eigenvalue weighted by molar-refractivity contribution is 0.429. The molecule has 1 aromatic rings. The van der Waals surface area contributed by atoms with Crippen LogP contribution in [0.4, 0.5) is 13.2 Å². The van der Waals surface area contributed by atoms with Crippen molar-refractivity contribution >= 4 is 0 Å². The monoisotopic (exact) mass is 148 g/mol. The summed E-state index contributed by atoms with van der Waals surface area (Å²) in [4.78, 5) is 5.61. The Kier molecular flexibility index (Phi) is 1.84. The fourth-order valence-electron chi connectivity index (χ4n) is 0.456. The van der Waals surface area contributed by atoms with Crippen LogP contribution < -0.4 is 0 Å². The molecule has 10 heavy (non-hydrogen) atoms. The lowest BCUT2D eigenvalue weighted by Crippen LogP contribution is -1.97. The molecule has 1 aromatic heterocycles. The predicted molar refractivity (Wildman–Crippen MR) is 26.8 cm³/mol. The number of nitrogens with zero attached hydrogens (tertiary/aromatic N) is 2. The fourth-order valence-corrected chi connectivity index (χ4v) is 0.456. The van der Waals surface area contributed by atoms with Crippen LogP contribution in [0.15, 0.2) is 6.20 Å². The van der Waals surface area contributed by atoms with Crippen LogP contribution in [0.2, 0.25) is 0 Å². The Hall–Kier alpha value is -1.13. The van der Waals surface area contributed by atoms with Gasteiger partial charge in [0.05, 0.1) is 5.56 Å². The van der Waals surface area contributed by atoms with Gasteiger partial charge in [-0.3, -0.25) is 0 Å². The van der Waals surface area contributed by atoms with E-state index >= 15 is 0 Å². The Labute approximate surface area is 54.7 Å². The summed E-state index contributed by atoms with van der Waals surface area (Å²) in [7, 11) is 0. The first kappa shape index (κ1) is 6.98. The van der Waals surface area contributed by atoms with Crippen molar-refractivity contribution in [2.24, 2.45) is 0 Å². The van der Waals surface area contributed by atoms with Crippen molar-refractivity contribution in [3.63, 3.8) is 0 Å². The molecule has 0 amide bonds. The summed E-state index contributed by atoms with van der Waals surface area (Å²) in [6, 6.07) is 0. The van der Waals surface area contributed by atoms with Crippen LogP contribution in [-0.4, -0.2) is 9.97 Å². The van der Waals surface area contributed by atoms with E-state index in [1.165, 1.54) is 0 Å². The molecule has 0 N–H and O–H groups in total. The molecule has 0 saturated carbocycles. The molecule has 2 nitrogen and oxygen atoms in total. The molecule has 0 aliphatic heterocycles. The van der Waals surface area contributed by atoms with Gasteiger partial charge < -0.3 is 0 Å². The number of hydrogen-bond acceptors (Lipinski definition) is 2. The van der Waals surface area contributed by atoms with Crippen molar-refractivity contribution in [3.05, 3.63) is 23.8 Å². The average Bonchev–Trinajstić information content (AvgIpc) is 1.88. The summed E-state index contributed by atoms with van der Waals surface area (Å²) >= 11 is 0. The second-order valence-electron chi connectivity index (χ2n) is 1.59. The summed E-state index contributed by atoms with van der Waals surface area (Å²) in [5, 5.41) is 0. The molecule has 0 spiro atoms. The summed E-state index contributed by atoms with van der Waals surface area (Å²) in [5.41, 5.74) is -0.332. The molecule has 1 rings (SSSR count). The standard InChI is InChI=1S/C5H3F3N2/c6-1-3-2-9-5(8)10-4(3)7/h2H,1H2. The van der Waals surface area contributed by atoms with E-state index in [9.17, 15) is 13.2 Å². The SMILES string of the molecule is FCc1cnc(F)nc1F. The summed E-state index contributed by atoms with van der Waals surface area (Å²) < 4.78 is 35.8. The molecule has 0 radical (unpaired) electrons. The van der Waals surface area contributed by atoms with Gasteiger partial charge in [-0.1, -0.05) is 0 Å². The van der Waals surface area contributed by atoms with Gasteiger partial charge in [-0.25, -0.2) is 9.37 Å². The van der Waals surface area contributed by atoms with Crippen molar-refractivity contribution in [1.29, 1.82) is 0 Å². The Morgan fingerprint density at radius 2 is 2.10 bits per heavy atom. The quantitative estimate of drug-likeness (QED) is 0.442. The molecule has 0 aliphatic rings. The maximum atomic E-state index is 12.2. The van der Waals surface area contributed by atoms with E-state index in [2.05, 4.69) is 9.97 Å². The minimum Gasteiger partial charge on any atom is -0.246 e. The summed E-state index contributed by atoms with van der Waals surface area (Å²) in [6.45, 7) is -1.02. The third-order valence-corrected chi connectivity index (χ3v) is 0.926. The molecule has 5 heteroatoms. The zero-order valence-corrected chi connectivity index (χ0v) is 4.81. The molecule has 0 bridgehead atoms. The Bertz CT molecular complexity index is 238. The molecular formula is C5H3F3N2. The highest BCUT2D eigenvalue weighted by Gasteiger charge is 2.04. The van der Waals surface area contributed by atoms with Gasteiger partial charge in [-0.2, -0.15) is 13.8 Å². The summed E-state index contributed by atoms with van der Waals surface area (Å²) in [5.74, 6) is -1.14. The lowest BCUT2D eigenvalue weighted by atomic mass is 10.4. The normalized spacial score (nSPS) is 9.90. The lowest BCUT2D eigenvalue weighted by Gasteiger charge is -1.92. The van der Waals surface area contributed by atoms with Gasteiger partial charge in [0, 0.05) is 6.20 Å². The van der Waals surface area contributed by atoms with Crippen LogP contribution in [0, 0.1) is 12.0 Å². The highest BCUT2D eigenvalue weighted by molar-refractivity contribution is 5.03. The van der Waals surface area contributed by atoms with E-state index in [0.717, 1.165) is 6.20 Å². The summed E-state index contributed by atoms with van der Waals surface area (Å²) in [6.07, 6.45) is -0.410. The minimum absolute atomic E-state index is 0.332. The number of halogens is 3. The molecule has 0 saturated heterocycles. The van der Waals surface area contributed by atoms with Crippen LogP contribution >= 0.6 is 0 Å². The first-order chi connectivity index (χ1) is 4.74. The highest BCUT2D eigenvalue weighted by Crippen LogP contribution is 2.03. The number of rotatable bonds is 1. The number of hydrogen-bond donors (Lipinski definition) is 0. The minimum atomic E-state index is -1.19. The van der Waals surface area contributed by atoms with E-state index < -0.39 is 18.7 Å². The van der Waals surface area contributed by atoms with Gasteiger partial charge in [0.1, 0.15) is 6.67 Å². The number of alkyl halides is 1.